The molecule has 0 nitrogen and oxygen atoms in total. The minimum absolute atomic E-state index is 1.12. The summed E-state index contributed by atoms with van der Waals surface area (Å²) in [5.74, 6) is 0. The van der Waals surface area contributed by atoms with E-state index in [0.717, 1.165) is 10.6 Å². The first-order valence-electron chi connectivity index (χ1n) is 2.05. The van der Waals surface area contributed by atoms with Crippen molar-refractivity contribution in [2.24, 2.45) is 0 Å². The number of hydrogen-bond acceptors (Lipinski definition) is 0. The van der Waals surface area contributed by atoms with Crippen LogP contribution in [0.5, 0.6) is 0 Å². The molecular weight excluding hydrogens is 222 g/mol. The molecule has 0 aromatic carbocycles. The zero-order valence-corrected chi connectivity index (χ0v) is 8.55. The van der Waals surface area contributed by atoms with E-state index in [-0.39, 0.29) is 0 Å². The van der Waals surface area contributed by atoms with Gasteiger partial charge in [-0.3, -0.25) is 0 Å². The van der Waals surface area contributed by atoms with E-state index in [4.69, 9.17) is 17.2 Å². The van der Waals surface area contributed by atoms with E-state index in [1.54, 1.807) is 0 Å². The van der Waals surface area contributed by atoms with Crippen molar-refractivity contribution in [3.05, 3.63) is 0 Å². The van der Waals surface area contributed by atoms with Crippen LogP contribution in [-0.4, -0.2) is 19.1 Å². The second-order valence-corrected chi connectivity index (χ2v) is 13.6. The normalized spacial score (nSPS) is 8.50. The summed E-state index contributed by atoms with van der Waals surface area (Å²) in [6, 6.07) is 0. The van der Waals surface area contributed by atoms with Gasteiger partial charge in [-0.15, -0.1) is 0 Å². The van der Waals surface area contributed by atoms with Crippen LogP contribution in [0, 0.1) is 0 Å². The number of halogens is 2. The summed E-state index contributed by atoms with van der Waals surface area (Å²) in [5, 5.41) is 0. The molecule has 0 spiro atoms. The van der Waals surface area contributed by atoms with Gasteiger partial charge in [-0.05, 0) is 0 Å². The Labute approximate surface area is 53.5 Å². The van der Waals surface area contributed by atoms with Gasteiger partial charge in [0.2, 0.25) is 0 Å². The van der Waals surface area contributed by atoms with Crippen molar-refractivity contribution < 1.29 is 0 Å². The summed E-state index contributed by atoms with van der Waals surface area (Å²) in [6.07, 6.45) is 1.16. The summed E-state index contributed by atoms with van der Waals surface area (Å²) >= 11 is -1.77. The van der Waals surface area contributed by atoms with Crippen molar-refractivity contribution in [3.63, 3.8) is 0 Å². The zero-order valence-electron chi connectivity index (χ0n) is 3.75. The minimum atomic E-state index is -1.77. The van der Waals surface area contributed by atoms with Gasteiger partial charge in [0.05, 0.1) is 0 Å². The van der Waals surface area contributed by atoms with Gasteiger partial charge >= 0.3 is 53.7 Å². The Morgan fingerprint density at radius 2 is 2.00 bits per heavy atom. The Hall–Kier alpha value is 1.45. The Bertz CT molecular complexity index is 30.0. The van der Waals surface area contributed by atoms with Crippen LogP contribution in [0.25, 0.3) is 0 Å². The van der Waals surface area contributed by atoms with Crippen LogP contribution in [-0.2, 0) is 0 Å². The Kier molecular flexibility index (Phi) is 5.72. The molecule has 0 rings (SSSR count). The van der Waals surface area contributed by atoms with Crippen molar-refractivity contribution in [2.45, 2.75) is 17.5 Å². The summed E-state index contributed by atoms with van der Waals surface area (Å²) < 4.78 is 1.12. The van der Waals surface area contributed by atoms with Gasteiger partial charge in [0.1, 0.15) is 0 Å². The zero-order chi connectivity index (χ0) is 4.99. The molecule has 0 radical (unpaired) electrons. The monoisotopic (exact) mass is 228 g/mol. The third-order valence-electron chi connectivity index (χ3n) is 0.507. The SMILES string of the molecule is CC[CH2][In]([Cl])[Cl]. The van der Waals surface area contributed by atoms with Gasteiger partial charge in [0.15, 0.2) is 0 Å². The first-order chi connectivity index (χ1) is 2.77. The molecule has 0 aliphatic heterocycles. The molecule has 6 heavy (non-hydrogen) atoms. The van der Waals surface area contributed by atoms with Crippen molar-refractivity contribution in [1.29, 1.82) is 0 Å². The fourth-order valence-electron chi connectivity index (χ4n) is 0.218. The summed E-state index contributed by atoms with van der Waals surface area (Å²) in [6.45, 7) is 2.11. The van der Waals surface area contributed by atoms with Crippen LogP contribution in [0.15, 0.2) is 0 Å². The van der Waals surface area contributed by atoms with Crippen molar-refractivity contribution >= 4 is 36.2 Å². The predicted molar refractivity (Wildman–Crippen MR) is 32.6 cm³/mol. The van der Waals surface area contributed by atoms with Crippen LogP contribution >= 0.6 is 17.2 Å². The topological polar surface area (TPSA) is 0 Å². The van der Waals surface area contributed by atoms with Crippen molar-refractivity contribution in [2.75, 3.05) is 0 Å². The standard InChI is InChI=1S/C3H7.2ClH.In/c1-3-2;;;/h1,3H2,2H3;2*1H;/q;;;+2/p-2. The number of rotatable bonds is 2. The van der Waals surface area contributed by atoms with Crippen molar-refractivity contribution in [1.82, 2.24) is 0 Å². The quantitative estimate of drug-likeness (QED) is 0.681. The molecule has 3 heteroatoms. The fourth-order valence-corrected chi connectivity index (χ4v) is 4.39. The molecule has 0 aromatic heterocycles. The van der Waals surface area contributed by atoms with Gasteiger partial charge < -0.3 is 0 Å². The second-order valence-electron chi connectivity index (χ2n) is 1.18. The summed E-state index contributed by atoms with van der Waals surface area (Å²) in [4.78, 5) is 0. The summed E-state index contributed by atoms with van der Waals surface area (Å²) in [7, 11) is 11.1. The van der Waals surface area contributed by atoms with Crippen LogP contribution in [0.1, 0.15) is 13.3 Å². The molecule has 0 fully saturated rings. The van der Waals surface area contributed by atoms with Crippen LogP contribution in [0.2, 0.25) is 4.18 Å². The van der Waals surface area contributed by atoms with Crippen molar-refractivity contribution in [3.8, 4) is 0 Å². The Morgan fingerprint density at radius 1 is 1.50 bits per heavy atom. The van der Waals surface area contributed by atoms with E-state index in [1.165, 1.54) is 0 Å². The van der Waals surface area contributed by atoms with Gasteiger partial charge in [-0.25, -0.2) is 0 Å². The Morgan fingerprint density at radius 3 is 2.00 bits per heavy atom. The van der Waals surface area contributed by atoms with Crippen LogP contribution < -0.4 is 0 Å². The fraction of sp³-hybridized carbons (Fsp3) is 1.00. The predicted octanol–water partition coefficient (Wildman–Crippen LogP) is 2.36. The first-order valence-corrected chi connectivity index (χ1v) is 12.7. The maximum atomic E-state index is 5.55. The molecule has 0 bridgehead atoms. The van der Waals surface area contributed by atoms with E-state index in [1.807, 2.05) is 0 Å². The third-order valence-corrected chi connectivity index (χ3v) is 6.33. The molecule has 0 saturated heterocycles. The van der Waals surface area contributed by atoms with E-state index >= 15 is 0 Å². The molecular formula is C3H7Cl2In. The molecule has 0 amide bonds. The van der Waals surface area contributed by atoms with Crippen LogP contribution in [0.3, 0.4) is 0 Å². The van der Waals surface area contributed by atoms with E-state index in [2.05, 4.69) is 6.92 Å². The second kappa shape index (κ2) is 4.61. The number of hydrogen-bond donors (Lipinski definition) is 0. The first kappa shape index (κ1) is 7.45. The van der Waals surface area contributed by atoms with Crippen LogP contribution in [0.4, 0.5) is 0 Å². The summed E-state index contributed by atoms with van der Waals surface area (Å²) in [5.41, 5.74) is 0. The molecule has 0 unspecified atom stereocenters. The van der Waals surface area contributed by atoms with Gasteiger partial charge in [0.25, 0.3) is 0 Å². The molecule has 0 aliphatic rings. The molecule has 0 saturated carbocycles. The molecule has 0 atom stereocenters. The molecule has 0 aromatic rings. The molecule has 0 heterocycles. The van der Waals surface area contributed by atoms with Gasteiger partial charge in [-0.2, -0.15) is 0 Å². The third kappa shape index (κ3) is 5.45. The average molecular weight is 229 g/mol. The van der Waals surface area contributed by atoms with Gasteiger partial charge in [-0.1, -0.05) is 0 Å². The average Bonchev–Trinajstić information content (AvgIpc) is 1.35. The van der Waals surface area contributed by atoms with E-state index < -0.39 is 19.1 Å². The maximum absolute atomic E-state index is 5.55. The molecule has 36 valence electrons. The Balaban J connectivity index is 2.63. The van der Waals surface area contributed by atoms with E-state index in [0.29, 0.717) is 0 Å². The molecule has 0 N–H and O–H groups in total. The van der Waals surface area contributed by atoms with Gasteiger partial charge in [0, 0.05) is 0 Å². The molecule has 0 aliphatic carbocycles. The van der Waals surface area contributed by atoms with E-state index in [9.17, 15) is 0 Å².